The van der Waals surface area contributed by atoms with Crippen LogP contribution in [0.3, 0.4) is 0 Å². The summed E-state index contributed by atoms with van der Waals surface area (Å²) in [7, 11) is -4.06. The summed E-state index contributed by atoms with van der Waals surface area (Å²) in [5.41, 5.74) is 1.79. The molecule has 0 bridgehead atoms. The first kappa shape index (κ1) is 20.1. The van der Waals surface area contributed by atoms with Gasteiger partial charge >= 0.3 is 0 Å². The van der Waals surface area contributed by atoms with Gasteiger partial charge in [0.1, 0.15) is 5.82 Å². The van der Waals surface area contributed by atoms with Crippen LogP contribution >= 0.6 is 23.2 Å². The maximum atomic E-state index is 11.3. The van der Waals surface area contributed by atoms with Gasteiger partial charge in [0.25, 0.3) is 10.1 Å². The van der Waals surface area contributed by atoms with Crippen LogP contribution in [0.25, 0.3) is 0 Å². The maximum Gasteiger partial charge on any atom is 0.267 e. The minimum Gasteiger partial charge on any atom is -0.326 e. The predicted molar refractivity (Wildman–Crippen MR) is 105 cm³/mol. The third-order valence-corrected chi connectivity index (χ3v) is 6.15. The van der Waals surface area contributed by atoms with Crippen molar-refractivity contribution in [1.82, 2.24) is 0 Å². The van der Waals surface area contributed by atoms with Gasteiger partial charge in [-0.15, -0.1) is 0 Å². The van der Waals surface area contributed by atoms with Crippen LogP contribution in [0, 0.1) is 0 Å². The van der Waals surface area contributed by atoms with Crippen LogP contribution in [0.4, 0.5) is 11.4 Å². The molecule has 8 heteroatoms. The Kier molecular flexibility index (Phi) is 6.43. The lowest BCUT2D eigenvalue weighted by atomic mass is 10.2. The van der Waals surface area contributed by atoms with E-state index < -0.39 is 15.4 Å². The molecule has 0 radical (unpaired) electrons. The van der Waals surface area contributed by atoms with E-state index in [1.54, 1.807) is 6.07 Å². The zero-order chi connectivity index (χ0) is 18.8. The van der Waals surface area contributed by atoms with Crippen molar-refractivity contribution in [1.29, 1.82) is 0 Å². The number of hydrogen-bond donors (Lipinski definition) is 1. The van der Waals surface area contributed by atoms with Gasteiger partial charge < -0.3 is 9.80 Å². The van der Waals surface area contributed by atoms with Crippen molar-refractivity contribution < 1.29 is 13.0 Å². The molecule has 1 aliphatic heterocycles. The van der Waals surface area contributed by atoms with E-state index in [1.807, 2.05) is 43.0 Å². The van der Waals surface area contributed by atoms with E-state index in [4.69, 9.17) is 23.2 Å². The molecule has 0 fully saturated rings. The number of benzene rings is 1. The van der Waals surface area contributed by atoms with E-state index in [9.17, 15) is 13.0 Å². The summed E-state index contributed by atoms with van der Waals surface area (Å²) in [6.07, 6.45) is 6.09. The SMILES string of the molecule is CC=CC=C1N(CC)c2cc(Cl)c(Cl)cc2N1CCC(C)S(=O)(=O)O. The molecule has 1 aliphatic rings. The lowest BCUT2D eigenvalue weighted by Gasteiger charge is -2.25. The molecule has 1 aromatic carbocycles. The van der Waals surface area contributed by atoms with Crippen LogP contribution in [-0.4, -0.2) is 31.3 Å². The smallest absolute Gasteiger partial charge is 0.267 e. The second kappa shape index (κ2) is 7.99. The molecule has 138 valence electrons. The molecule has 0 amide bonds. The fourth-order valence-corrected chi connectivity index (χ4v) is 3.46. The van der Waals surface area contributed by atoms with Crippen LogP contribution in [0.2, 0.25) is 10.0 Å². The minimum absolute atomic E-state index is 0.281. The summed E-state index contributed by atoms with van der Waals surface area (Å²) in [6.45, 7) is 6.59. The molecule has 0 aliphatic carbocycles. The fraction of sp³-hybridized carbons (Fsp3) is 0.412. The molecule has 0 saturated heterocycles. The summed E-state index contributed by atoms with van der Waals surface area (Å²) < 4.78 is 31.9. The highest BCUT2D eigenvalue weighted by Gasteiger charge is 2.32. The number of fused-ring (bicyclic) bond motifs is 1. The van der Waals surface area contributed by atoms with Crippen molar-refractivity contribution in [2.24, 2.45) is 0 Å². The molecule has 25 heavy (non-hydrogen) atoms. The Morgan fingerprint density at radius 2 is 1.76 bits per heavy atom. The zero-order valence-corrected chi connectivity index (χ0v) is 16.7. The third kappa shape index (κ3) is 4.31. The molecule has 1 N–H and O–H groups in total. The summed E-state index contributed by atoms with van der Waals surface area (Å²) in [6, 6.07) is 3.61. The van der Waals surface area contributed by atoms with Gasteiger partial charge in [0.05, 0.1) is 26.7 Å². The van der Waals surface area contributed by atoms with E-state index in [-0.39, 0.29) is 6.42 Å². The zero-order valence-electron chi connectivity index (χ0n) is 14.4. The molecular weight excluding hydrogens is 383 g/mol. The van der Waals surface area contributed by atoms with Crippen LogP contribution < -0.4 is 9.80 Å². The molecule has 1 heterocycles. The first-order valence-corrected chi connectivity index (χ1v) is 10.3. The Hall–Kier alpha value is -1.21. The Morgan fingerprint density at radius 1 is 1.20 bits per heavy atom. The second-order valence-electron chi connectivity index (χ2n) is 5.82. The monoisotopic (exact) mass is 404 g/mol. The molecule has 2 rings (SSSR count). The van der Waals surface area contributed by atoms with Crippen LogP contribution in [0.15, 0.2) is 36.2 Å². The second-order valence-corrected chi connectivity index (χ2v) is 8.46. The Balaban J connectivity index is 2.45. The van der Waals surface area contributed by atoms with E-state index in [0.29, 0.717) is 16.6 Å². The average Bonchev–Trinajstić information content (AvgIpc) is 2.82. The average molecular weight is 405 g/mol. The Morgan fingerprint density at radius 3 is 2.24 bits per heavy atom. The van der Waals surface area contributed by atoms with Crippen molar-refractivity contribution in [3.05, 3.63) is 46.2 Å². The Bertz CT molecular complexity index is 806. The topological polar surface area (TPSA) is 60.9 Å². The molecule has 1 unspecified atom stereocenters. The molecule has 0 spiro atoms. The molecular formula is C17H22Cl2N2O3S. The number of anilines is 2. The number of nitrogens with zero attached hydrogens (tertiary/aromatic N) is 2. The van der Waals surface area contributed by atoms with Crippen LogP contribution in [0.5, 0.6) is 0 Å². The van der Waals surface area contributed by atoms with Gasteiger partial charge in [-0.25, -0.2) is 0 Å². The Labute approximate surface area is 159 Å². The highest BCUT2D eigenvalue weighted by Crippen LogP contribution is 2.45. The maximum absolute atomic E-state index is 11.3. The number of halogens is 2. The van der Waals surface area contributed by atoms with Gasteiger partial charge in [0.2, 0.25) is 0 Å². The first-order chi connectivity index (χ1) is 11.7. The number of allylic oxidation sites excluding steroid dienone is 3. The van der Waals surface area contributed by atoms with Crippen molar-refractivity contribution in [3.8, 4) is 0 Å². The first-order valence-electron chi connectivity index (χ1n) is 8.04. The van der Waals surface area contributed by atoms with Gasteiger partial charge in [-0.05, 0) is 45.4 Å². The van der Waals surface area contributed by atoms with Crippen LogP contribution in [0.1, 0.15) is 27.2 Å². The highest BCUT2D eigenvalue weighted by molar-refractivity contribution is 7.86. The largest absolute Gasteiger partial charge is 0.326 e. The standard InChI is InChI=1S/C17H22Cl2N2O3S/c1-4-6-7-17-20(5-2)15-10-13(18)14(19)11-16(15)21(17)9-8-12(3)25(22,23)24/h4,6-7,10-12H,5,8-9H2,1-3H3,(H,22,23,24). The van der Waals surface area contributed by atoms with Gasteiger partial charge in [-0.2, -0.15) is 8.42 Å². The number of hydrogen-bond acceptors (Lipinski definition) is 4. The molecule has 0 aromatic heterocycles. The predicted octanol–water partition coefficient (Wildman–Crippen LogP) is 4.72. The molecule has 1 aromatic rings. The fourth-order valence-electron chi connectivity index (χ4n) is 2.74. The van der Waals surface area contributed by atoms with E-state index in [1.165, 1.54) is 6.92 Å². The van der Waals surface area contributed by atoms with E-state index in [2.05, 4.69) is 4.90 Å². The third-order valence-electron chi connectivity index (χ3n) is 4.17. The van der Waals surface area contributed by atoms with Gasteiger partial charge in [0, 0.05) is 13.1 Å². The lowest BCUT2D eigenvalue weighted by molar-refractivity contribution is 0.466. The van der Waals surface area contributed by atoms with Crippen molar-refractivity contribution >= 4 is 44.7 Å². The van der Waals surface area contributed by atoms with Crippen molar-refractivity contribution in [2.75, 3.05) is 22.9 Å². The van der Waals surface area contributed by atoms with Gasteiger partial charge in [-0.3, -0.25) is 4.55 Å². The summed E-state index contributed by atoms with van der Waals surface area (Å²) in [5, 5.41) is 0.0614. The quantitative estimate of drug-likeness (QED) is 0.694. The normalized spacial score (nSPS) is 17.6. The highest BCUT2D eigenvalue weighted by atomic mass is 35.5. The van der Waals surface area contributed by atoms with Gasteiger partial charge in [0.15, 0.2) is 0 Å². The van der Waals surface area contributed by atoms with Crippen molar-refractivity contribution in [2.45, 2.75) is 32.4 Å². The minimum atomic E-state index is -4.06. The van der Waals surface area contributed by atoms with E-state index >= 15 is 0 Å². The summed E-state index contributed by atoms with van der Waals surface area (Å²) in [4.78, 5) is 4.10. The number of rotatable bonds is 6. The molecule has 1 atom stereocenters. The van der Waals surface area contributed by atoms with Crippen LogP contribution in [-0.2, 0) is 10.1 Å². The van der Waals surface area contributed by atoms with E-state index in [0.717, 1.165) is 23.7 Å². The molecule has 0 saturated carbocycles. The molecule has 5 nitrogen and oxygen atoms in total. The summed E-state index contributed by atoms with van der Waals surface area (Å²) in [5.74, 6) is 0.913. The van der Waals surface area contributed by atoms with Crippen molar-refractivity contribution in [3.63, 3.8) is 0 Å². The van der Waals surface area contributed by atoms with Gasteiger partial charge in [-0.1, -0.05) is 35.4 Å². The summed E-state index contributed by atoms with van der Waals surface area (Å²) >= 11 is 12.4. The lowest BCUT2D eigenvalue weighted by Crippen LogP contribution is -2.31.